The van der Waals surface area contributed by atoms with Gasteiger partial charge >= 0.3 is 0 Å². The van der Waals surface area contributed by atoms with Crippen molar-refractivity contribution in [2.24, 2.45) is 0 Å². The Morgan fingerprint density at radius 3 is 1.68 bits per heavy atom. The molecule has 0 bridgehead atoms. The Hall–Kier alpha value is -7.10. The molecule has 53 heavy (non-hydrogen) atoms. The van der Waals surface area contributed by atoms with Crippen molar-refractivity contribution >= 4 is 32.7 Å². The highest BCUT2D eigenvalue weighted by Gasteiger charge is 2.17. The van der Waals surface area contributed by atoms with Gasteiger partial charge in [-0.25, -0.2) is 9.97 Å². The maximum absolute atomic E-state index is 6.34. The van der Waals surface area contributed by atoms with Crippen molar-refractivity contribution in [3.8, 4) is 67.3 Å². The van der Waals surface area contributed by atoms with Crippen LogP contribution >= 0.6 is 0 Å². The van der Waals surface area contributed by atoms with Crippen LogP contribution in [0.2, 0.25) is 0 Å². The van der Waals surface area contributed by atoms with Crippen molar-refractivity contribution in [2.75, 3.05) is 0 Å². The molecule has 0 amide bonds. The highest BCUT2D eigenvalue weighted by atomic mass is 16.3. The van der Waals surface area contributed by atoms with Crippen LogP contribution in [-0.2, 0) is 0 Å². The number of fused-ring (bicyclic) bond motifs is 4. The molecule has 0 radical (unpaired) electrons. The average Bonchev–Trinajstić information content (AvgIpc) is 3.63. The maximum atomic E-state index is 6.34. The third kappa shape index (κ3) is 5.75. The normalized spacial score (nSPS) is 11.4. The summed E-state index contributed by atoms with van der Waals surface area (Å²) in [6.07, 6.45) is 0. The van der Waals surface area contributed by atoms with E-state index < -0.39 is 0 Å². The second-order valence-corrected chi connectivity index (χ2v) is 13.4. The van der Waals surface area contributed by atoms with Gasteiger partial charge < -0.3 is 4.42 Å². The second-order valence-electron chi connectivity index (χ2n) is 13.4. The summed E-state index contributed by atoms with van der Waals surface area (Å²) in [5.74, 6) is 0.689. The first-order valence-electron chi connectivity index (χ1n) is 17.9. The van der Waals surface area contributed by atoms with Crippen LogP contribution in [0.4, 0.5) is 0 Å². The molecule has 0 atom stereocenters. The monoisotopic (exact) mass is 676 g/mol. The van der Waals surface area contributed by atoms with E-state index in [4.69, 9.17) is 14.4 Å². The smallest absolute Gasteiger partial charge is 0.160 e. The molecule has 3 nitrogen and oxygen atoms in total. The maximum Gasteiger partial charge on any atom is 0.160 e. The highest BCUT2D eigenvalue weighted by Crippen LogP contribution is 2.40. The van der Waals surface area contributed by atoms with Gasteiger partial charge in [0.1, 0.15) is 11.2 Å². The van der Waals surface area contributed by atoms with E-state index in [1.807, 2.05) is 18.2 Å². The first-order valence-corrected chi connectivity index (χ1v) is 17.9. The minimum absolute atomic E-state index is 0.689. The molecule has 10 aromatic rings. The lowest BCUT2D eigenvalue weighted by atomic mass is 9.92. The fourth-order valence-electron chi connectivity index (χ4n) is 7.41. The molecule has 0 saturated carbocycles. The molecule has 3 heteroatoms. The number of furan rings is 1. The van der Waals surface area contributed by atoms with E-state index >= 15 is 0 Å². The van der Waals surface area contributed by atoms with Gasteiger partial charge in [-0.15, -0.1) is 0 Å². The van der Waals surface area contributed by atoms with Gasteiger partial charge in [0.05, 0.1) is 11.4 Å². The molecule has 10 rings (SSSR count). The zero-order valence-electron chi connectivity index (χ0n) is 28.8. The van der Waals surface area contributed by atoms with E-state index in [1.165, 1.54) is 16.5 Å². The molecule has 248 valence electrons. The van der Waals surface area contributed by atoms with Crippen LogP contribution in [0, 0.1) is 0 Å². The van der Waals surface area contributed by atoms with E-state index in [-0.39, 0.29) is 0 Å². The Kier molecular flexibility index (Phi) is 7.47. The molecule has 0 aliphatic rings. The number of aromatic nitrogens is 2. The number of rotatable bonds is 6. The first-order chi connectivity index (χ1) is 26.2. The van der Waals surface area contributed by atoms with E-state index in [9.17, 15) is 0 Å². The van der Waals surface area contributed by atoms with Crippen LogP contribution in [0.1, 0.15) is 0 Å². The van der Waals surface area contributed by atoms with Crippen LogP contribution < -0.4 is 0 Å². The zero-order valence-corrected chi connectivity index (χ0v) is 28.8. The van der Waals surface area contributed by atoms with Gasteiger partial charge in [-0.2, -0.15) is 0 Å². The second kappa shape index (κ2) is 12.9. The van der Waals surface area contributed by atoms with Crippen molar-refractivity contribution in [1.82, 2.24) is 9.97 Å². The highest BCUT2D eigenvalue weighted by molar-refractivity contribution is 6.12. The Labute approximate surface area is 307 Å². The molecule has 0 aliphatic carbocycles. The summed E-state index contributed by atoms with van der Waals surface area (Å²) >= 11 is 0. The summed E-state index contributed by atoms with van der Waals surface area (Å²) in [4.78, 5) is 10.5. The van der Waals surface area contributed by atoms with E-state index in [2.05, 4.69) is 176 Å². The van der Waals surface area contributed by atoms with Gasteiger partial charge in [-0.3, -0.25) is 0 Å². The predicted octanol–water partition coefficient (Wildman–Crippen LogP) is 13.5. The average molecular weight is 677 g/mol. The van der Waals surface area contributed by atoms with Crippen LogP contribution in [0.5, 0.6) is 0 Å². The molecule has 0 N–H and O–H groups in total. The van der Waals surface area contributed by atoms with Crippen LogP contribution in [0.15, 0.2) is 199 Å². The fraction of sp³-hybridized carbons (Fsp3) is 0. The van der Waals surface area contributed by atoms with Crippen molar-refractivity contribution in [3.63, 3.8) is 0 Å². The fourth-order valence-corrected chi connectivity index (χ4v) is 7.41. The van der Waals surface area contributed by atoms with Gasteiger partial charge in [0.2, 0.25) is 0 Å². The standard InChI is InChI=1S/C50H32N2O/c1-3-12-33(13-4-1)35-22-24-36(25-23-35)40-29-41(43-19-11-21-48-49(43)44-18-9-10-20-47(44)53-48)31-42(30-40)46-32-45(37-15-5-2-6-16-37)51-50(52-46)39-27-26-34-14-7-8-17-38(34)28-39/h1-32H. The zero-order chi connectivity index (χ0) is 35.1. The molecule has 0 fully saturated rings. The molecular weight excluding hydrogens is 645 g/mol. The molecule has 2 heterocycles. The van der Waals surface area contributed by atoms with Gasteiger partial charge in [-0.05, 0) is 86.6 Å². The van der Waals surface area contributed by atoms with Crippen LogP contribution in [0.3, 0.4) is 0 Å². The third-order valence-corrected chi connectivity index (χ3v) is 10.1. The molecule has 8 aromatic carbocycles. The summed E-state index contributed by atoms with van der Waals surface area (Å²) in [6, 6.07) is 68.1. The van der Waals surface area contributed by atoms with E-state index in [0.29, 0.717) is 5.82 Å². The first kappa shape index (κ1) is 30.7. The summed E-state index contributed by atoms with van der Waals surface area (Å²) in [5.41, 5.74) is 13.3. The summed E-state index contributed by atoms with van der Waals surface area (Å²) < 4.78 is 6.34. The Morgan fingerprint density at radius 1 is 0.321 bits per heavy atom. The minimum atomic E-state index is 0.689. The molecule has 2 aromatic heterocycles. The molecule has 0 aliphatic heterocycles. The van der Waals surface area contributed by atoms with Crippen LogP contribution in [-0.4, -0.2) is 9.97 Å². The van der Waals surface area contributed by atoms with E-state index in [0.717, 1.165) is 77.7 Å². The van der Waals surface area contributed by atoms with Crippen molar-refractivity contribution in [3.05, 3.63) is 194 Å². The third-order valence-electron chi connectivity index (χ3n) is 10.1. The molecule has 0 saturated heterocycles. The quantitative estimate of drug-likeness (QED) is 0.176. The summed E-state index contributed by atoms with van der Waals surface area (Å²) in [7, 11) is 0. The minimum Gasteiger partial charge on any atom is -0.456 e. The lowest BCUT2D eigenvalue weighted by Crippen LogP contribution is -1.97. The SMILES string of the molecule is c1ccc(-c2ccc(-c3cc(-c4cc(-c5ccccc5)nc(-c5ccc6ccccc6c5)n4)cc(-c4cccc5oc6ccccc6c45)c3)cc2)cc1. The lowest BCUT2D eigenvalue weighted by molar-refractivity contribution is 0.669. The Balaban J connectivity index is 1.20. The van der Waals surface area contributed by atoms with Crippen LogP contribution in [0.25, 0.3) is 100.0 Å². The Bertz CT molecular complexity index is 2930. The number of benzene rings is 8. The number of hydrogen-bond acceptors (Lipinski definition) is 3. The summed E-state index contributed by atoms with van der Waals surface area (Å²) in [6.45, 7) is 0. The van der Waals surface area contributed by atoms with Crippen molar-refractivity contribution < 1.29 is 4.42 Å². The van der Waals surface area contributed by atoms with Gasteiger partial charge in [0.25, 0.3) is 0 Å². The molecular formula is C50H32N2O. The Morgan fingerprint density at radius 2 is 0.887 bits per heavy atom. The van der Waals surface area contributed by atoms with Crippen molar-refractivity contribution in [1.29, 1.82) is 0 Å². The number of para-hydroxylation sites is 1. The van der Waals surface area contributed by atoms with E-state index in [1.54, 1.807) is 0 Å². The van der Waals surface area contributed by atoms with Gasteiger partial charge in [-0.1, -0.05) is 152 Å². The number of nitrogens with zero attached hydrogens (tertiary/aromatic N) is 2. The lowest BCUT2D eigenvalue weighted by Gasteiger charge is -2.14. The topological polar surface area (TPSA) is 38.9 Å². The van der Waals surface area contributed by atoms with Crippen molar-refractivity contribution in [2.45, 2.75) is 0 Å². The molecule has 0 spiro atoms. The van der Waals surface area contributed by atoms with Gasteiger partial charge in [0.15, 0.2) is 5.82 Å². The molecule has 0 unspecified atom stereocenters. The number of hydrogen-bond donors (Lipinski definition) is 0. The predicted molar refractivity (Wildman–Crippen MR) is 219 cm³/mol. The van der Waals surface area contributed by atoms with Gasteiger partial charge in [0, 0.05) is 27.5 Å². The largest absolute Gasteiger partial charge is 0.456 e. The summed E-state index contributed by atoms with van der Waals surface area (Å²) in [5, 5.41) is 4.55.